The van der Waals surface area contributed by atoms with Crippen LogP contribution in [-0.4, -0.2) is 4.98 Å². The molecule has 2 N–H and O–H groups in total. The van der Waals surface area contributed by atoms with E-state index in [-0.39, 0.29) is 11.8 Å². The summed E-state index contributed by atoms with van der Waals surface area (Å²) >= 11 is 0. The zero-order valence-electron chi connectivity index (χ0n) is 12.2. The molecular formula is C19H13N3O. The van der Waals surface area contributed by atoms with E-state index in [9.17, 15) is 5.26 Å². The molecule has 4 rings (SSSR count). The summed E-state index contributed by atoms with van der Waals surface area (Å²) in [4.78, 5) is 4.05. The first kappa shape index (κ1) is 13.4. The van der Waals surface area contributed by atoms with Crippen LogP contribution in [0.4, 0.5) is 0 Å². The van der Waals surface area contributed by atoms with Gasteiger partial charge >= 0.3 is 0 Å². The first-order chi connectivity index (χ1) is 11.3. The van der Waals surface area contributed by atoms with Gasteiger partial charge in [-0.2, -0.15) is 5.26 Å². The molecule has 0 amide bonds. The number of aromatic nitrogens is 1. The SMILES string of the molecule is N#CC1=C(N)Oc2cc3ccccc3cc2[C@H]1c1ccncc1. The minimum absolute atomic E-state index is 0.164. The molecule has 2 heterocycles. The number of hydrogen-bond acceptors (Lipinski definition) is 4. The quantitative estimate of drug-likeness (QED) is 0.747. The average Bonchev–Trinajstić information content (AvgIpc) is 2.59. The normalized spacial score (nSPS) is 16.6. The number of pyridine rings is 1. The summed E-state index contributed by atoms with van der Waals surface area (Å²) in [7, 11) is 0. The lowest BCUT2D eigenvalue weighted by Crippen LogP contribution is -2.21. The molecule has 0 bridgehead atoms. The Morgan fingerprint density at radius 2 is 1.74 bits per heavy atom. The molecule has 1 aliphatic heterocycles. The molecule has 110 valence electrons. The smallest absolute Gasteiger partial charge is 0.205 e. The van der Waals surface area contributed by atoms with Crippen molar-refractivity contribution in [3.63, 3.8) is 0 Å². The summed E-state index contributed by atoms with van der Waals surface area (Å²) in [6.45, 7) is 0. The largest absolute Gasteiger partial charge is 0.440 e. The van der Waals surface area contributed by atoms with Gasteiger partial charge < -0.3 is 10.5 Å². The van der Waals surface area contributed by atoms with Gasteiger partial charge in [-0.3, -0.25) is 4.98 Å². The number of hydrogen-bond donors (Lipinski definition) is 1. The number of nitrogens with zero attached hydrogens (tertiary/aromatic N) is 2. The number of nitriles is 1. The number of fused-ring (bicyclic) bond motifs is 2. The fourth-order valence-corrected chi connectivity index (χ4v) is 3.04. The van der Waals surface area contributed by atoms with Crippen molar-refractivity contribution in [1.29, 1.82) is 5.26 Å². The molecule has 0 fully saturated rings. The van der Waals surface area contributed by atoms with Gasteiger partial charge in [0, 0.05) is 18.0 Å². The summed E-state index contributed by atoms with van der Waals surface area (Å²) < 4.78 is 5.71. The van der Waals surface area contributed by atoms with Crippen molar-refractivity contribution in [3.05, 3.63) is 83.5 Å². The van der Waals surface area contributed by atoms with Crippen molar-refractivity contribution in [2.24, 2.45) is 5.73 Å². The number of allylic oxidation sites excluding steroid dienone is 1. The van der Waals surface area contributed by atoms with Gasteiger partial charge in [0.2, 0.25) is 5.88 Å². The molecule has 23 heavy (non-hydrogen) atoms. The van der Waals surface area contributed by atoms with Gasteiger partial charge in [0.1, 0.15) is 17.4 Å². The van der Waals surface area contributed by atoms with E-state index in [4.69, 9.17) is 10.5 Å². The fourth-order valence-electron chi connectivity index (χ4n) is 3.04. The minimum atomic E-state index is -0.239. The molecule has 0 radical (unpaired) electrons. The van der Waals surface area contributed by atoms with Crippen LogP contribution in [0.2, 0.25) is 0 Å². The monoisotopic (exact) mass is 299 g/mol. The summed E-state index contributed by atoms with van der Waals surface area (Å²) in [5.74, 6) is 0.621. The van der Waals surface area contributed by atoms with Crippen LogP contribution in [0.25, 0.3) is 10.8 Å². The average molecular weight is 299 g/mol. The van der Waals surface area contributed by atoms with Crippen molar-refractivity contribution in [1.82, 2.24) is 4.98 Å². The van der Waals surface area contributed by atoms with Crippen molar-refractivity contribution in [2.45, 2.75) is 5.92 Å². The molecule has 4 nitrogen and oxygen atoms in total. The lowest BCUT2D eigenvalue weighted by Gasteiger charge is -2.26. The van der Waals surface area contributed by atoms with E-state index in [0.29, 0.717) is 11.3 Å². The van der Waals surface area contributed by atoms with E-state index in [1.807, 2.05) is 42.5 Å². The highest BCUT2D eigenvalue weighted by Gasteiger charge is 2.30. The van der Waals surface area contributed by atoms with Gasteiger partial charge in [-0.25, -0.2) is 0 Å². The molecule has 3 aromatic rings. The van der Waals surface area contributed by atoms with Crippen molar-refractivity contribution >= 4 is 10.8 Å². The third-order valence-electron chi connectivity index (χ3n) is 4.12. The Labute approximate surface area is 133 Å². The molecule has 0 aliphatic carbocycles. The Bertz CT molecular complexity index is 971. The van der Waals surface area contributed by atoms with Crippen molar-refractivity contribution in [3.8, 4) is 11.8 Å². The second-order valence-electron chi connectivity index (χ2n) is 5.44. The lowest BCUT2D eigenvalue weighted by atomic mass is 9.83. The third-order valence-corrected chi connectivity index (χ3v) is 4.12. The highest BCUT2D eigenvalue weighted by atomic mass is 16.5. The predicted molar refractivity (Wildman–Crippen MR) is 87.5 cm³/mol. The fraction of sp³-hybridized carbons (Fsp3) is 0.0526. The first-order valence-corrected chi connectivity index (χ1v) is 7.28. The van der Waals surface area contributed by atoms with Crippen LogP contribution in [0.15, 0.2) is 72.4 Å². The number of benzene rings is 2. The molecule has 2 aromatic carbocycles. The van der Waals surface area contributed by atoms with Crippen molar-refractivity contribution < 1.29 is 4.74 Å². The van der Waals surface area contributed by atoms with Gasteiger partial charge in [-0.1, -0.05) is 24.3 Å². The summed E-state index contributed by atoms with van der Waals surface area (Å²) in [6.07, 6.45) is 3.44. The van der Waals surface area contributed by atoms with E-state index in [0.717, 1.165) is 21.9 Å². The maximum absolute atomic E-state index is 9.55. The van der Waals surface area contributed by atoms with E-state index < -0.39 is 0 Å². The maximum atomic E-state index is 9.55. The molecule has 0 unspecified atom stereocenters. The molecule has 1 aromatic heterocycles. The Morgan fingerprint density at radius 3 is 2.43 bits per heavy atom. The van der Waals surface area contributed by atoms with Crippen LogP contribution < -0.4 is 10.5 Å². The highest BCUT2D eigenvalue weighted by molar-refractivity contribution is 5.86. The van der Waals surface area contributed by atoms with Gasteiger partial charge in [-0.05, 0) is 40.6 Å². The molecule has 1 aliphatic rings. The zero-order valence-corrected chi connectivity index (χ0v) is 12.2. The summed E-state index contributed by atoms with van der Waals surface area (Å²) in [5.41, 5.74) is 8.34. The lowest BCUT2D eigenvalue weighted by molar-refractivity contribution is 0.394. The van der Waals surface area contributed by atoms with Crippen LogP contribution in [0.3, 0.4) is 0 Å². The summed E-state index contributed by atoms with van der Waals surface area (Å²) in [5, 5.41) is 11.7. The van der Waals surface area contributed by atoms with E-state index in [1.54, 1.807) is 12.4 Å². The number of nitrogens with two attached hydrogens (primary N) is 1. The van der Waals surface area contributed by atoms with Gasteiger partial charge in [0.15, 0.2) is 0 Å². The molecule has 0 saturated heterocycles. The predicted octanol–water partition coefficient (Wildman–Crippen LogP) is 3.45. The second kappa shape index (κ2) is 5.15. The minimum Gasteiger partial charge on any atom is -0.440 e. The Kier molecular flexibility index (Phi) is 2.99. The molecule has 1 atom stereocenters. The van der Waals surface area contributed by atoms with Gasteiger partial charge in [-0.15, -0.1) is 0 Å². The molecule has 4 heteroatoms. The van der Waals surface area contributed by atoms with Gasteiger partial charge in [0.05, 0.1) is 5.92 Å². The van der Waals surface area contributed by atoms with Crippen LogP contribution in [-0.2, 0) is 0 Å². The van der Waals surface area contributed by atoms with E-state index in [2.05, 4.69) is 17.1 Å². The van der Waals surface area contributed by atoms with Crippen LogP contribution in [0, 0.1) is 11.3 Å². The van der Waals surface area contributed by atoms with E-state index >= 15 is 0 Å². The Hall–Kier alpha value is -3.32. The number of ether oxygens (including phenoxy) is 1. The summed E-state index contributed by atoms with van der Waals surface area (Å²) in [6, 6.07) is 18.1. The first-order valence-electron chi connectivity index (χ1n) is 7.28. The van der Waals surface area contributed by atoms with Crippen molar-refractivity contribution in [2.75, 3.05) is 0 Å². The standard InChI is InChI=1S/C19H13N3O/c20-11-16-18(12-5-7-22-8-6-12)15-9-13-3-1-2-4-14(13)10-17(15)23-19(16)21/h1-10,18H,21H2/t18-/m1/s1. The Balaban J connectivity index is 2.00. The third kappa shape index (κ3) is 2.11. The zero-order chi connectivity index (χ0) is 15.8. The second-order valence-corrected chi connectivity index (χ2v) is 5.44. The maximum Gasteiger partial charge on any atom is 0.205 e. The highest BCUT2D eigenvalue weighted by Crippen LogP contribution is 2.43. The van der Waals surface area contributed by atoms with Crippen LogP contribution in [0.5, 0.6) is 5.75 Å². The number of rotatable bonds is 1. The molecule has 0 saturated carbocycles. The molecule has 0 spiro atoms. The van der Waals surface area contributed by atoms with Crippen LogP contribution >= 0.6 is 0 Å². The molecular weight excluding hydrogens is 286 g/mol. The topological polar surface area (TPSA) is 71.9 Å². The Morgan fingerprint density at radius 1 is 1.04 bits per heavy atom. The van der Waals surface area contributed by atoms with Gasteiger partial charge in [0.25, 0.3) is 0 Å². The van der Waals surface area contributed by atoms with E-state index in [1.165, 1.54) is 0 Å². The van der Waals surface area contributed by atoms with Crippen LogP contribution in [0.1, 0.15) is 17.0 Å².